The van der Waals surface area contributed by atoms with Gasteiger partial charge in [-0.15, -0.1) is 0 Å². The molecule has 1 fully saturated rings. The molecule has 1 saturated heterocycles. The molecule has 1 aliphatic heterocycles. The Hall–Kier alpha value is -4.39. The van der Waals surface area contributed by atoms with E-state index in [0.29, 0.717) is 60.4 Å². The molecule has 0 saturated carbocycles. The Balaban J connectivity index is 1.62. The number of morpholine rings is 1. The van der Waals surface area contributed by atoms with Gasteiger partial charge in [0.05, 0.1) is 37.2 Å². The Bertz CT molecular complexity index is 1410. The van der Waals surface area contributed by atoms with Crippen LogP contribution in [0.3, 0.4) is 0 Å². The first-order valence-electron chi connectivity index (χ1n) is 12.8. The molecule has 0 aliphatic carbocycles. The van der Waals surface area contributed by atoms with E-state index in [9.17, 15) is 27.9 Å². The fraction of sp³-hybridized carbons (Fsp3) is 0.357. The van der Waals surface area contributed by atoms with Crippen LogP contribution in [0.5, 0.6) is 5.88 Å². The van der Waals surface area contributed by atoms with Crippen molar-refractivity contribution in [1.82, 2.24) is 14.9 Å². The molecule has 10 nitrogen and oxygen atoms in total. The smallest absolute Gasteiger partial charge is 0.416 e. The minimum atomic E-state index is -4.57. The number of alkyl halides is 3. The standard InChI is InChI=1S/C28H30F3N5O5/c1-17(16-35(3)27(38)39)41-26-24(36-7-9-40-10-8-36)12-20(14-33-26)23-13-22(15-32-18(23)2)34-25(37)19-5-4-6-21(11-19)28(29,30)31/h4-6,11-15,17H,7-10,16H2,1-3H3,(H,34,37)(H,38,39)/t17-/m1/s1. The molecule has 41 heavy (non-hydrogen) atoms. The van der Waals surface area contributed by atoms with Gasteiger partial charge in [-0.1, -0.05) is 6.07 Å². The number of hydrogen-bond donors (Lipinski definition) is 2. The summed E-state index contributed by atoms with van der Waals surface area (Å²) in [6, 6.07) is 7.74. The largest absolute Gasteiger partial charge is 0.471 e. The van der Waals surface area contributed by atoms with Gasteiger partial charge in [0.15, 0.2) is 0 Å². The van der Waals surface area contributed by atoms with Crippen molar-refractivity contribution in [3.63, 3.8) is 0 Å². The fourth-order valence-corrected chi connectivity index (χ4v) is 4.33. The van der Waals surface area contributed by atoms with Crippen LogP contribution in [-0.2, 0) is 10.9 Å². The number of nitrogens with one attached hydrogen (secondary N) is 1. The van der Waals surface area contributed by atoms with Gasteiger partial charge in [-0.2, -0.15) is 13.2 Å². The van der Waals surface area contributed by atoms with E-state index in [0.717, 1.165) is 17.0 Å². The first-order valence-corrected chi connectivity index (χ1v) is 12.8. The molecule has 1 aliphatic rings. The van der Waals surface area contributed by atoms with E-state index >= 15 is 0 Å². The Morgan fingerprint density at radius 1 is 1.17 bits per heavy atom. The summed E-state index contributed by atoms with van der Waals surface area (Å²) in [4.78, 5) is 36.1. The molecule has 0 spiro atoms. The molecule has 0 unspecified atom stereocenters. The average molecular weight is 574 g/mol. The minimum absolute atomic E-state index is 0.137. The third kappa shape index (κ3) is 7.42. The van der Waals surface area contributed by atoms with Crippen molar-refractivity contribution in [2.75, 3.05) is 50.1 Å². The summed E-state index contributed by atoms with van der Waals surface area (Å²) in [5.41, 5.74) is 1.90. The van der Waals surface area contributed by atoms with E-state index in [-0.39, 0.29) is 12.1 Å². The third-order valence-corrected chi connectivity index (χ3v) is 6.46. The van der Waals surface area contributed by atoms with Crippen LogP contribution in [0.2, 0.25) is 0 Å². The molecule has 2 aromatic heterocycles. The van der Waals surface area contributed by atoms with Crippen molar-refractivity contribution in [2.24, 2.45) is 0 Å². The van der Waals surface area contributed by atoms with Gasteiger partial charge < -0.3 is 29.7 Å². The second-order valence-electron chi connectivity index (χ2n) is 9.63. The van der Waals surface area contributed by atoms with E-state index in [4.69, 9.17) is 9.47 Å². The molecule has 0 bridgehead atoms. The van der Waals surface area contributed by atoms with Crippen molar-refractivity contribution < 1.29 is 37.3 Å². The molecular weight excluding hydrogens is 543 g/mol. The van der Waals surface area contributed by atoms with Crippen LogP contribution in [0.25, 0.3) is 11.1 Å². The van der Waals surface area contributed by atoms with Crippen molar-refractivity contribution in [2.45, 2.75) is 26.1 Å². The van der Waals surface area contributed by atoms with Crippen LogP contribution >= 0.6 is 0 Å². The number of aromatic nitrogens is 2. The van der Waals surface area contributed by atoms with Crippen molar-refractivity contribution in [3.05, 3.63) is 65.6 Å². The number of pyridine rings is 2. The van der Waals surface area contributed by atoms with Crippen molar-refractivity contribution in [3.8, 4) is 17.0 Å². The number of aryl methyl sites for hydroxylation is 1. The maximum absolute atomic E-state index is 13.1. The predicted molar refractivity (Wildman–Crippen MR) is 145 cm³/mol. The first-order chi connectivity index (χ1) is 19.4. The molecular formula is C28H30F3N5O5. The van der Waals surface area contributed by atoms with Gasteiger partial charge >= 0.3 is 12.3 Å². The summed E-state index contributed by atoms with van der Waals surface area (Å²) in [6.45, 7) is 5.89. The number of ether oxygens (including phenoxy) is 2. The van der Waals surface area contributed by atoms with Gasteiger partial charge in [0.25, 0.3) is 5.91 Å². The zero-order valence-corrected chi connectivity index (χ0v) is 22.7. The summed E-state index contributed by atoms with van der Waals surface area (Å²) in [7, 11) is 1.45. The van der Waals surface area contributed by atoms with Crippen molar-refractivity contribution >= 4 is 23.4 Å². The molecule has 3 aromatic rings. The van der Waals surface area contributed by atoms with Crippen LogP contribution in [-0.4, -0.2) is 78.0 Å². The van der Waals surface area contributed by atoms with Crippen molar-refractivity contribution in [1.29, 1.82) is 0 Å². The van der Waals surface area contributed by atoms with Crippen LogP contribution in [0, 0.1) is 6.92 Å². The molecule has 0 radical (unpaired) electrons. The maximum Gasteiger partial charge on any atom is 0.416 e. The van der Waals surface area contributed by atoms with Gasteiger partial charge in [0, 0.05) is 48.7 Å². The highest BCUT2D eigenvalue weighted by Gasteiger charge is 2.31. The zero-order chi connectivity index (χ0) is 29.7. The predicted octanol–water partition coefficient (Wildman–Crippen LogP) is 4.94. The lowest BCUT2D eigenvalue weighted by atomic mass is 10.0. The van der Waals surface area contributed by atoms with E-state index in [1.54, 1.807) is 26.1 Å². The molecule has 218 valence electrons. The van der Waals surface area contributed by atoms with Gasteiger partial charge in [-0.25, -0.2) is 9.78 Å². The molecule has 1 aromatic carbocycles. The Morgan fingerprint density at radius 2 is 1.90 bits per heavy atom. The minimum Gasteiger partial charge on any atom is -0.471 e. The van der Waals surface area contributed by atoms with Crippen LogP contribution in [0.4, 0.5) is 29.3 Å². The number of halogens is 3. The summed E-state index contributed by atoms with van der Waals surface area (Å²) < 4.78 is 50.8. The fourth-order valence-electron chi connectivity index (χ4n) is 4.33. The molecule has 1 atom stereocenters. The highest BCUT2D eigenvalue weighted by atomic mass is 19.4. The Kier molecular flexibility index (Phi) is 8.96. The van der Waals surface area contributed by atoms with Crippen LogP contribution in [0.1, 0.15) is 28.5 Å². The highest BCUT2D eigenvalue weighted by Crippen LogP contribution is 2.34. The lowest BCUT2D eigenvalue weighted by Crippen LogP contribution is -2.38. The lowest BCUT2D eigenvalue weighted by molar-refractivity contribution is -0.137. The monoisotopic (exact) mass is 573 g/mol. The second kappa shape index (κ2) is 12.4. The zero-order valence-electron chi connectivity index (χ0n) is 22.7. The first kappa shape index (κ1) is 29.6. The lowest BCUT2D eigenvalue weighted by Gasteiger charge is -2.31. The number of benzene rings is 1. The average Bonchev–Trinajstić information content (AvgIpc) is 2.94. The molecule has 2 amide bonds. The summed E-state index contributed by atoms with van der Waals surface area (Å²) in [6.07, 6.45) is -3.10. The number of likely N-dealkylation sites (N-methyl/N-ethyl adjacent to an activating group) is 1. The third-order valence-electron chi connectivity index (χ3n) is 6.46. The quantitative estimate of drug-likeness (QED) is 0.390. The van der Waals surface area contributed by atoms with Gasteiger partial charge in [-0.3, -0.25) is 9.78 Å². The number of carbonyl (C=O) groups is 2. The molecule has 2 N–H and O–H groups in total. The van der Waals surface area contributed by atoms with E-state index in [1.807, 2.05) is 6.07 Å². The van der Waals surface area contributed by atoms with Gasteiger partial charge in [0.2, 0.25) is 5.88 Å². The molecule has 4 rings (SSSR count). The van der Waals surface area contributed by atoms with Gasteiger partial charge in [0.1, 0.15) is 11.8 Å². The SMILES string of the molecule is Cc1ncc(NC(=O)c2cccc(C(F)(F)F)c2)cc1-c1cnc(O[C@H](C)CN(C)C(=O)O)c(N2CCOCC2)c1. The molecule has 13 heteroatoms. The van der Waals surface area contributed by atoms with Crippen LogP contribution in [0.15, 0.2) is 48.8 Å². The second-order valence-corrected chi connectivity index (χ2v) is 9.63. The van der Waals surface area contributed by atoms with Crippen LogP contribution < -0.4 is 15.0 Å². The number of rotatable bonds is 8. The Labute approximate surface area is 234 Å². The summed E-state index contributed by atoms with van der Waals surface area (Å²) >= 11 is 0. The number of nitrogens with zero attached hydrogens (tertiary/aromatic N) is 4. The van der Waals surface area contributed by atoms with E-state index in [2.05, 4.69) is 20.2 Å². The molecule has 3 heterocycles. The van der Waals surface area contributed by atoms with Gasteiger partial charge in [-0.05, 0) is 44.2 Å². The number of carboxylic acid groups (broad SMARTS) is 1. The van der Waals surface area contributed by atoms with E-state index < -0.39 is 29.8 Å². The maximum atomic E-state index is 13.1. The Morgan fingerprint density at radius 3 is 2.59 bits per heavy atom. The highest BCUT2D eigenvalue weighted by molar-refractivity contribution is 6.04. The number of amides is 2. The number of hydrogen-bond acceptors (Lipinski definition) is 7. The van der Waals surface area contributed by atoms with E-state index in [1.165, 1.54) is 25.4 Å². The summed E-state index contributed by atoms with van der Waals surface area (Å²) in [5.74, 6) is -0.370. The normalized spacial score (nSPS) is 14.3. The number of anilines is 2. The summed E-state index contributed by atoms with van der Waals surface area (Å²) in [5, 5.41) is 11.8. The number of carbonyl (C=O) groups excluding carboxylic acids is 1. The topological polar surface area (TPSA) is 117 Å².